The van der Waals surface area contributed by atoms with E-state index in [-0.39, 0.29) is 11.7 Å². The molecular formula is C12H26N2O3S. The van der Waals surface area contributed by atoms with E-state index in [4.69, 9.17) is 4.74 Å². The van der Waals surface area contributed by atoms with Crippen LogP contribution in [0.5, 0.6) is 0 Å². The molecule has 1 aliphatic rings. The van der Waals surface area contributed by atoms with Crippen LogP contribution in [-0.4, -0.2) is 46.0 Å². The predicted octanol–water partition coefficient (Wildman–Crippen LogP) is 0.721. The predicted molar refractivity (Wildman–Crippen MR) is 73.1 cm³/mol. The quantitative estimate of drug-likeness (QED) is 0.720. The molecule has 1 rings (SSSR count). The molecule has 2 N–H and O–H groups in total. The van der Waals surface area contributed by atoms with Crippen molar-refractivity contribution in [3.05, 3.63) is 0 Å². The van der Waals surface area contributed by atoms with Crippen LogP contribution in [0.4, 0.5) is 0 Å². The Bertz CT molecular complexity index is 335. The molecule has 1 aliphatic heterocycles. The molecule has 5 nitrogen and oxygen atoms in total. The Labute approximate surface area is 111 Å². The van der Waals surface area contributed by atoms with Gasteiger partial charge in [-0.3, -0.25) is 0 Å². The van der Waals surface area contributed by atoms with E-state index in [0.29, 0.717) is 13.2 Å². The van der Waals surface area contributed by atoms with Crippen molar-refractivity contribution in [1.29, 1.82) is 0 Å². The van der Waals surface area contributed by atoms with Crippen LogP contribution < -0.4 is 10.0 Å². The van der Waals surface area contributed by atoms with Crippen molar-refractivity contribution in [2.45, 2.75) is 39.2 Å². The highest BCUT2D eigenvalue weighted by molar-refractivity contribution is 7.89. The standard InChI is InChI=1S/C12H26N2O3S/c1-4-17-12(2,3)10-14-18(15,16)9-11-5-7-13-8-6-11/h11,13-14H,4-10H2,1-3H3. The van der Waals surface area contributed by atoms with Gasteiger partial charge in [0.15, 0.2) is 0 Å². The SMILES string of the molecule is CCOC(C)(C)CNS(=O)(=O)CC1CCNCC1. The maximum absolute atomic E-state index is 12.0. The third kappa shape index (κ3) is 6.13. The lowest BCUT2D eigenvalue weighted by Gasteiger charge is -2.26. The van der Waals surface area contributed by atoms with Crippen LogP contribution in [0.25, 0.3) is 0 Å². The summed E-state index contributed by atoms with van der Waals surface area (Å²) in [7, 11) is -3.19. The number of ether oxygens (including phenoxy) is 1. The first-order chi connectivity index (χ1) is 8.35. The lowest BCUT2D eigenvalue weighted by atomic mass is 10.0. The minimum Gasteiger partial charge on any atom is -0.375 e. The van der Waals surface area contributed by atoms with Gasteiger partial charge in [0.05, 0.1) is 11.4 Å². The van der Waals surface area contributed by atoms with Gasteiger partial charge in [-0.15, -0.1) is 0 Å². The maximum atomic E-state index is 12.0. The van der Waals surface area contributed by atoms with E-state index in [0.717, 1.165) is 25.9 Å². The summed E-state index contributed by atoms with van der Waals surface area (Å²) < 4.78 is 32.1. The minimum atomic E-state index is -3.19. The summed E-state index contributed by atoms with van der Waals surface area (Å²) in [6, 6.07) is 0. The average Bonchev–Trinajstić information content (AvgIpc) is 2.28. The molecule has 0 bridgehead atoms. The third-order valence-corrected chi connectivity index (χ3v) is 4.66. The zero-order valence-electron chi connectivity index (χ0n) is 11.7. The van der Waals surface area contributed by atoms with Crippen LogP contribution in [0.1, 0.15) is 33.6 Å². The molecule has 18 heavy (non-hydrogen) atoms. The van der Waals surface area contributed by atoms with Gasteiger partial charge in [0, 0.05) is 13.2 Å². The van der Waals surface area contributed by atoms with Crippen molar-refractivity contribution < 1.29 is 13.2 Å². The fourth-order valence-electron chi connectivity index (χ4n) is 2.14. The molecule has 1 saturated heterocycles. The molecule has 0 aromatic rings. The fraction of sp³-hybridized carbons (Fsp3) is 1.00. The zero-order chi connectivity index (χ0) is 13.6. The zero-order valence-corrected chi connectivity index (χ0v) is 12.5. The Morgan fingerprint density at radius 1 is 1.33 bits per heavy atom. The molecule has 6 heteroatoms. The first-order valence-corrected chi connectivity index (χ1v) is 8.32. The maximum Gasteiger partial charge on any atom is 0.211 e. The summed E-state index contributed by atoms with van der Waals surface area (Å²) >= 11 is 0. The van der Waals surface area contributed by atoms with Crippen LogP contribution in [0.15, 0.2) is 0 Å². The topological polar surface area (TPSA) is 67.4 Å². The van der Waals surface area contributed by atoms with Crippen molar-refractivity contribution in [1.82, 2.24) is 10.0 Å². The van der Waals surface area contributed by atoms with Crippen molar-refractivity contribution in [3.8, 4) is 0 Å². The van der Waals surface area contributed by atoms with E-state index in [1.165, 1.54) is 0 Å². The highest BCUT2D eigenvalue weighted by Gasteiger charge is 2.24. The monoisotopic (exact) mass is 278 g/mol. The third-order valence-electron chi connectivity index (χ3n) is 3.17. The minimum absolute atomic E-state index is 0.233. The van der Waals surface area contributed by atoms with Gasteiger partial charge in [0.1, 0.15) is 0 Å². The Kier molecular flexibility index (Phi) is 6.04. The highest BCUT2D eigenvalue weighted by atomic mass is 32.2. The summed E-state index contributed by atoms with van der Waals surface area (Å²) in [5.41, 5.74) is -0.448. The second-order valence-electron chi connectivity index (χ2n) is 5.49. The van der Waals surface area contributed by atoms with Gasteiger partial charge in [-0.2, -0.15) is 0 Å². The Hall–Kier alpha value is -0.170. The smallest absolute Gasteiger partial charge is 0.211 e. The van der Waals surface area contributed by atoms with E-state index in [1.54, 1.807) is 0 Å². The molecule has 0 unspecified atom stereocenters. The lowest BCUT2D eigenvalue weighted by molar-refractivity contribution is -0.00516. The average molecular weight is 278 g/mol. The van der Waals surface area contributed by atoms with E-state index in [2.05, 4.69) is 10.0 Å². The van der Waals surface area contributed by atoms with Crippen LogP contribution in [0.3, 0.4) is 0 Å². The first kappa shape index (κ1) is 15.9. The summed E-state index contributed by atoms with van der Waals surface area (Å²) in [5, 5.41) is 3.24. The van der Waals surface area contributed by atoms with E-state index < -0.39 is 15.6 Å². The second-order valence-corrected chi connectivity index (χ2v) is 7.34. The summed E-state index contributed by atoms with van der Waals surface area (Å²) in [6.07, 6.45) is 1.88. The van der Waals surface area contributed by atoms with Crippen LogP contribution in [0, 0.1) is 5.92 Å². The summed E-state index contributed by atoms with van der Waals surface area (Å²) in [5.74, 6) is 0.510. The van der Waals surface area contributed by atoms with Crippen LogP contribution in [0.2, 0.25) is 0 Å². The van der Waals surface area contributed by atoms with Crippen molar-refractivity contribution in [2.24, 2.45) is 5.92 Å². The van der Waals surface area contributed by atoms with Crippen molar-refractivity contribution >= 4 is 10.0 Å². The van der Waals surface area contributed by atoms with Crippen LogP contribution >= 0.6 is 0 Å². The molecular weight excluding hydrogens is 252 g/mol. The number of piperidine rings is 1. The molecule has 0 saturated carbocycles. The molecule has 0 aromatic heterocycles. The lowest BCUT2D eigenvalue weighted by Crippen LogP contribution is -2.43. The molecule has 0 atom stereocenters. The van der Waals surface area contributed by atoms with Gasteiger partial charge in [-0.05, 0) is 52.6 Å². The Morgan fingerprint density at radius 3 is 2.50 bits per heavy atom. The van der Waals surface area contributed by atoms with Gasteiger partial charge >= 0.3 is 0 Å². The van der Waals surface area contributed by atoms with Crippen molar-refractivity contribution in [3.63, 3.8) is 0 Å². The molecule has 108 valence electrons. The van der Waals surface area contributed by atoms with Gasteiger partial charge in [0.25, 0.3) is 0 Å². The number of hydrogen-bond acceptors (Lipinski definition) is 4. The van der Waals surface area contributed by atoms with Gasteiger partial charge < -0.3 is 10.1 Å². The summed E-state index contributed by atoms with van der Waals surface area (Å²) in [6.45, 7) is 8.45. The molecule has 0 radical (unpaired) electrons. The van der Waals surface area contributed by atoms with E-state index in [1.807, 2.05) is 20.8 Å². The molecule has 0 spiro atoms. The largest absolute Gasteiger partial charge is 0.375 e. The van der Waals surface area contributed by atoms with Crippen molar-refractivity contribution in [2.75, 3.05) is 32.0 Å². The van der Waals surface area contributed by atoms with E-state index >= 15 is 0 Å². The van der Waals surface area contributed by atoms with Gasteiger partial charge in [-0.25, -0.2) is 13.1 Å². The number of rotatable bonds is 7. The van der Waals surface area contributed by atoms with Gasteiger partial charge in [0.2, 0.25) is 10.0 Å². The van der Waals surface area contributed by atoms with Gasteiger partial charge in [-0.1, -0.05) is 0 Å². The Morgan fingerprint density at radius 2 is 1.94 bits per heavy atom. The molecule has 0 aliphatic carbocycles. The summed E-state index contributed by atoms with van der Waals surface area (Å²) in [4.78, 5) is 0. The van der Waals surface area contributed by atoms with Crippen LogP contribution in [-0.2, 0) is 14.8 Å². The molecule has 1 fully saturated rings. The normalized spacial score (nSPS) is 19.1. The molecule has 1 heterocycles. The Balaban J connectivity index is 2.39. The van der Waals surface area contributed by atoms with E-state index in [9.17, 15) is 8.42 Å². The highest BCUT2D eigenvalue weighted by Crippen LogP contribution is 2.14. The molecule has 0 aromatic carbocycles. The number of sulfonamides is 1. The first-order valence-electron chi connectivity index (χ1n) is 6.66. The fourth-order valence-corrected chi connectivity index (χ4v) is 3.78. The second kappa shape index (κ2) is 6.84. The molecule has 0 amide bonds. The number of hydrogen-bond donors (Lipinski definition) is 2. The number of nitrogens with one attached hydrogen (secondary N) is 2.